The molecule has 2 unspecified atom stereocenters. The fourth-order valence-corrected chi connectivity index (χ4v) is 2.25. The maximum Gasteiger partial charge on any atom is 0.251 e. The number of carbonyl (C=O) groups is 1. The van der Waals surface area contributed by atoms with Gasteiger partial charge in [-0.25, -0.2) is 5.84 Å². The SMILES string of the molecule is CC1CN(C(C(=O)NN)C(C)C)CCCO1. The molecule has 5 nitrogen and oxygen atoms in total. The van der Waals surface area contributed by atoms with Gasteiger partial charge in [0.25, 0.3) is 5.91 Å². The second-order valence-electron chi connectivity index (χ2n) is 4.73. The highest BCUT2D eigenvalue weighted by Gasteiger charge is 2.30. The van der Waals surface area contributed by atoms with Gasteiger partial charge in [-0.15, -0.1) is 0 Å². The number of ether oxygens (including phenoxy) is 1. The average Bonchev–Trinajstić information content (AvgIpc) is 2.42. The summed E-state index contributed by atoms with van der Waals surface area (Å²) in [7, 11) is 0. The highest BCUT2D eigenvalue weighted by atomic mass is 16.5. The Morgan fingerprint density at radius 1 is 1.56 bits per heavy atom. The Bertz CT molecular complexity index is 233. The maximum absolute atomic E-state index is 11.8. The number of rotatable bonds is 3. The van der Waals surface area contributed by atoms with E-state index in [1.165, 1.54) is 0 Å². The molecule has 1 saturated heterocycles. The van der Waals surface area contributed by atoms with Crippen LogP contribution in [0.15, 0.2) is 0 Å². The fraction of sp³-hybridized carbons (Fsp3) is 0.909. The molecule has 0 bridgehead atoms. The van der Waals surface area contributed by atoms with Gasteiger partial charge in [-0.1, -0.05) is 13.8 Å². The molecule has 0 spiro atoms. The normalized spacial score (nSPS) is 25.2. The Morgan fingerprint density at radius 3 is 2.81 bits per heavy atom. The zero-order chi connectivity index (χ0) is 12.1. The van der Waals surface area contributed by atoms with E-state index in [9.17, 15) is 4.79 Å². The molecular formula is C11H23N3O2. The summed E-state index contributed by atoms with van der Waals surface area (Å²) in [6, 6.07) is -0.158. The van der Waals surface area contributed by atoms with Gasteiger partial charge in [0.2, 0.25) is 0 Å². The molecule has 0 saturated carbocycles. The van der Waals surface area contributed by atoms with Crippen LogP contribution in [0.3, 0.4) is 0 Å². The van der Waals surface area contributed by atoms with Crippen molar-refractivity contribution >= 4 is 5.91 Å². The van der Waals surface area contributed by atoms with Gasteiger partial charge >= 0.3 is 0 Å². The number of carbonyl (C=O) groups excluding carboxylic acids is 1. The van der Waals surface area contributed by atoms with Crippen molar-refractivity contribution in [2.75, 3.05) is 19.7 Å². The van der Waals surface area contributed by atoms with E-state index in [0.29, 0.717) is 0 Å². The summed E-state index contributed by atoms with van der Waals surface area (Å²) in [4.78, 5) is 13.9. The lowest BCUT2D eigenvalue weighted by atomic mass is 10.0. The topological polar surface area (TPSA) is 67.6 Å². The molecule has 3 N–H and O–H groups in total. The summed E-state index contributed by atoms with van der Waals surface area (Å²) in [6.45, 7) is 8.56. The number of nitrogens with zero attached hydrogens (tertiary/aromatic N) is 1. The van der Waals surface area contributed by atoms with Crippen molar-refractivity contribution in [1.29, 1.82) is 0 Å². The first-order valence-corrected chi connectivity index (χ1v) is 5.92. The number of nitrogens with two attached hydrogens (primary N) is 1. The third-order valence-corrected chi connectivity index (χ3v) is 2.92. The molecule has 0 aromatic heterocycles. The molecule has 0 aromatic rings. The van der Waals surface area contributed by atoms with Crippen molar-refractivity contribution in [2.24, 2.45) is 11.8 Å². The summed E-state index contributed by atoms with van der Waals surface area (Å²) in [5, 5.41) is 0. The Balaban J connectivity index is 2.72. The number of hydrogen-bond donors (Lipinski definition) is 2. The van der Waals surface area contributed by atoms with Gasteiger partial charge < -0.3 is 4.74 Å². The minimum absolute atomic E-state index is 0.107. The summed E-state index contributed by atoms with van der Waals surface area (Å²) < 4.78 is 5.57. The first-order chi connectivity index (χ1) is 7.56. The van der Waals surface area contributed by atoms with E-state index in [2.05, 4.69) is 10.3 Å². The van der Waals surface area contributed by atoms with E-state index >= 15 is 0 Å². The highest BCUT2D eigenvalue weighted by molar-refractivity contribution is 5.81. The lowest BCUT2D eigenvalue weighted by molar-refractivity contribution is -0.128. The molecule has 1 rings (SSSR count). The van der Waals surface area contributed by atoms with Gasteiger partial charge in [0.15, 0.2) is 0 Å². The van der Waals surface area contributed by atoms with Crippen LogP contribution in [-0.4, -0.2) is 42.6 Å². The zero-order valence-electron chi connectivity index (χ0n) is 10.4. The summed E-state index contributed by atoms with van der Waals surface area (Å²) in [6.07, 6.45) is 1.14. The second kappa shape index (κ2) is 6.18. The molecule has 1 aliphatic heterocycles. The quantitative estimate of drug-likeness (QED) is 0.409. The monoisotopic (exact) mass is 229 g/mol. The Labute approximate surface area is 97.3 Å². The van der Waals surface area contributed by atoms with E-state index in [0.717, 1.165) is 26.1 Å². The lowest BCUT2D eigenvalue weighted by Crippen LogP contribution is -2.53. The Hall–Kier alpha value is -0.650. The van der Waals surface area contributed by atoms with Crippen molar-refractivity contribution in [1.82, 2.24) is 10.3 Å². The molecule has 2 atom stereocenters. The largest absolute Gasteiger partial charge is 0.377 e. The standard InChI is InChI=1S/C11H23N3O2/c1-8(2)10(11(15)13-12)14-5-4-6-16-9(3)7-14/h8-10H,4-7,12H2,1-3H3,(H,13,15). The molecule has 1 amide bonds. The van der Waals surface area contributed by atoms with Crippen molar-refractivity contribution in [3.63, 3.8) is 0 Å². The second-order valence-corrected chi connectivity index (χ2v) is 4.73. The summed E-state index contributed by atoms with van der Waals surface area (Å²) in [5.41, 5.74) is 2.26. The molecule has 0 aliphatic carbocycles. The van der Waals surface area contributed by atoms with Crippen LogP contribution < -0.4 is 11.3 Å². The van der Waals surface area contributed by atoms with Gasteiger partial charge in [-0.3, -0.25) is 15.1 Å². The van der Waals surface area contributed by atoms with Crippen LogP contribution in [-0.2, 0) is 9.53 Å². The Kier molecular flexibility index (Phi) is 5.18. The first-order valence-electron chi connectivity index (χ1n) is 5.92. The van der Waals surface area contributed by atoms with Gasteiger partial charge in [-0.2, -0.15) is 0 Å². The molecule has 16 heavy (non-hydrogen) atoms. The van der Waals surface area contributed by atoms with Gasteiger partial charge in [0.05, 0.1) is 12.1 Å². The highest BCUT2D eigenvalue weighted by Crippen LogP contribution is 2.15. The lowest BCUT2D eigenvalue weighted by Gasteiger charge is -2.32. The Morgan fingerprint density at radius 2 is 2.25 bits per heavy atom. The predicted molar refractivity (Wildman–Crippen MR) is 62.6 cm³/mol. The number of nitrogens with one attached hydrogen (secondary N) is 1. The van der Waals surface area contributed by atoms with Crippen molar-refractivity contribution in [2.45, 2.75) is 39.3 Å². The van der Waals surface area contributed by atoms with Gasteiger partial charge in [-0.05, 0) is 19.3 Å². The summed E-state index contributed by atoms with van der Waals surface area (Å²) >= 11 is 0. The van der Waals surface area contributed by atoms with Crippen LogP contribution in [0, 0.1) is 5.92 Å². The predicted octanol–water partition coefficient (Wildman–Crippen LogP) is 0.112. The van der Waals surface area contributed by atoms with Crippen molar-refractivity contribution < 1.29 is 9.53 Å². The third-order valence-electron chi connectivity index (χ3n) is 2.92. The molecule has 5 heteroatoms. The minimum atomic E-state index is -0.158. The number of amides is 1. The van der Waals surface area contributed by atoms with Crippen LogP contribution in [0.2, 0.25) is 0 Å². The molecule has 1 fully saturated rings. The smallest absolute Gasteiger partial charge is 0.251 e. The molecule has 0 aromatic carbocycles. The van der Waals surface area contributed by atoms with Crippen LogP contribution in [0.5, 0.6) is 0 Å². The molecular weight excluding hydrogens is 206 g/mol. The number of hydrogen-bond acceptors (Lipinski definition) is 4. The van der Waals surface area contributed by atoms with E-state index < -0.39 is 0 Å². The van der Waals surface area contributed by atoms with E-state index in [4.69, 9.17) is 10.6 Å². The summed E-state index contributed by atoms with van der Waals surface area (Å²) in [5.74, 6) is 5.37. The van der Waals surface area contributed by atoms with Gasteiger partial charge in [0.1, 0.15) is 0 Å². The van der Waals surface area contributed by atoms with Crippen LogP contribution >= 0.6 is 0 Å². The number of hydrazine groups is 1. The molecule has 1 aliphatic rings. The average molecular weight is 229 g/mol. The zero-order valence-corrected chi connectivity index (χ0v) is 10.4. The van der Waals surface area contributed by atoms with Crippen LogP contribution in [0.25, 0.3) is 0 Å². The van der Waals surface area contributed by atoms with Crippen molar-refractivity contribution in [3.05, 3.63) is 0 Å². The minimum Gasteiger partial charge on any atom is -0.377 e. The maximum atomic E-state index is 11.8. The van der Waals surface area contributed by atoms with Gasteiger partial charge in [0, 0.05) is 19.7 Å². The molecule has 1 heterocycles. The van der Waals surface area contributed by atoms with Crippen LogP contribution in [0.4, 0.5) is 0 Å². The van der Waals surface area contributed by atoms with E-state index in [1.54, 1.807) is 0 Å². The molecule has 0 radical (unpaired) electrons. The molecule has 94 valence electrons. The van der Waals surface area contributed by atoms with E-state index in [-0.39, 0.29) is 24.0 Å². The van der Waals surface area contributed by atoms with Crippen molar-refractivity contribution in [3.8, 4) is 0 Å². The first kappa shape index (κ1) is 13.4. The van der Waals surface area contributed by atoms with Crippen LogP contribution in [0.1, 0.15) is 27.2 Å². The van der Waals surface area contributed by atoms with E-state index in [1.807, 2.05) is 20.8 Å². The third kappa shape index (κ3) is 3.43. The fourth-order valence-electron chi connectivity index (χ4n) is 2.25.